The Bertz CT molecular complexity index is 561. The fourth-order valence-electron chi connectivity index (χ4n) is 4.59. The van der Waals surface area contributed by atoms with Crippen molar-refractivity contribution in [2.24, 2.45) is 11.3 Å². The molecule has 1 fully saturated rings. The Labute approximate surface area is 127 Å². The van der Waals surface area contributed by atoms with Crippen LogP contribution in [-0.4, -0.2) is 5.11 Å². The maximum Gasteiger partial charge on any atom is 0.108 e. The third-order valence-corrected chi connectivity index (χ3v) is 5.70. The lowest BCUT2D eigenvalue weighted by Crippen LogP contribution is -2.47. The first-order chi connectivity index (χ1) is 10.1. The van der Waals surface area contributed by atoms with Crippen molar-refractivity contribution in [1.29, 1.82) is 5.26 Å². The minimum Gasteiger partial charge on any atom is -0.383 e. The van der Waals surface area contributed by atoms with Crippen LogP contribution in [0.15, 0.2) is 24.3 Å². The Morgan fingerprint density at radius 1 is 1.19 bits per heavy atom. The highest BCUT2D eigenvalue weighted by atomic mass is 16.3. The van der Waals surface area contributed by atoms with Crippen LogP contribution in [0.4, 0.5) is 0 Å². The standard InChI is InChI=1S/C19H25NO/c1-15-7-6-11-18(13-15,14-20)19(21)12-5-4-9-16-8-2-3-10-17(16)19/h2-3,8,10,15,21H,4-7,9,11-13H2,1H3. The number of aliphatic hydroxyl groups is 1. The number of hydrogen-bond acceptors (Lipinski definition) is 2. The molecule has 2 aliphatic carbocycles. The number of rotatable bonds is 1. The van der Waals surface area contributed by atoms with Gasteiger partial charge in [0.05, 0.1) is 11.5 Å². The van der Waals surface area contributed by atoms with Crippen LogP contribution < -0.4 is 0 Å². The first-order valence-corrected chi connectivity index (χ1v) is 8.33. The molecule has 2 nitrogen and oxygen atoms in total. The van der Waals surface area contributed by atoms with E-state index in [-0.39, 0.29) is 0 Å². The van der Waals surface area contributed by atoms with E-state index in [9.17, 15) is 10.4 Å². The van der Waals surface area contributed by atoms with E-state index in [2.05, 4.69) is 25.1 Å². The molecule has 0 bridgehead atoms. The van der Waals surface area contributed by atoms with Crippen molar-refractivity contribution in [3.8, 4) is 6.07 Å². The highest BCUT2D eigenvalue weighted by molar-refractivity contribution is 5.37. The van der Waals surface area contributed by atoms with E-state index in [1.54, 1.807) is 0 Å². The van der Waals surface area contributed by atoms with Gasteiger partial charge in [-0.3, -0.25) is 0 Å². The van der Waals surface area contributed by atoms with Crippen LogP contribution in [0, 0.1) is 22.7 Å². The summed E-state index contributed by atoms with van der Waals surface area (Å²) in [6.07, 6.45) is 7.76. The maximum atomic E-state index is 11.7. The van der Waals surface area contributed by atoms with Gasteiger partial charge in [0.2, 0.25) is 0 Å². The van der Waals surface area contributed by atoms with E-state index in [4.69, 9.17) is 0 Å². The summed E-state index contributed by atoms with van der Waals surface area (Å²) in [6, 6.07) is 10.8. The van der Waals surface area contributed by atoms with Crippen molar-refractivity contribution in [1.82, 2.24) is 0 Å². The van der Waals surface area contributed by atoms with Crippen molar-refractivity contribution in [2.75, 3.05) is 0 Å². The molecule has 2 heteroatoms. The van der Waals surface area contributed by atoms with Gasteiger partial charge >= 0.3 is 0 Å². The summed E-state index contributed by atoms with van der Waals surface area (Å²) in [7, 11) is 0. The average Bonchev–Trinajstić information content (AvgIpc) is 2.68. The zero-order chi connectivity index (χ0) is 14.9. The molecule has 3 unspecified atom stereocenters. The van der Waals surface area contributed by atoms with Crippen LogP contribution in [0.5, 0.6) is 0 Å². The number of hydrogen-bond donors (Lipinski definition) is 1. The number of nitriles is 1. The third kappa shape index (κ3) is 2.28. The number of nitrogens with zero attached hydrogens (tertiary/aromatic N) is 1. The minimum absolute atomic E-state index is 0.526. The van der Waals surface area contributed by atoms with E-state index in [0.717, 1.165) is 50.5 Å². The van der Waals surface area contributed by atoms with Gasteiger partial charge in [0.15, 0.2) is 0 Å². The number of fused-ring (bicyclic) bond motifs is 1. The monoisotopic (exact) mass is 283 g/mol. The number of benzene rings is 1. The molecule has 0 aliphatic heterocycles. The van der Waals surface area contributed by atoms with Crippen LogP contribution in [0.1, 0.15) is 63.0 Å². The lowest BCUT2D eigenvalue weighted by molar-refractivity contribution is -0.0933. The fourth-order valence-corrected chi connectivity index (χ4v) is 4.59. The predicted molar refractivity (Wildman–Crippen MR) is 83.6 cm³/mol. The largest absolute Gasteiger partial charge is 0.383 e. The molecule has 1 aromatic rings. The van der Waals surface area contributed by atoms with E-state index in [0.29, 0.717) is 5.92 Å². The molecule has 0 radical (unpaired) electrons. The molecule has 21 heavy (non-hydrogen) atoms. The third-order valence-electron chi connectivity index (χ3n) is 5.70. The zero-order valence-corrected chi connectivity index (χ0v) is 12.9. The van der Waals surface area contributed by atoms with Gasteiger partial charge < -0.3 is 5.11 Å². The highest BCUT2D eigenvalue weighted by Gasteiger charge is 2.54. The fraction of sp³-hybridized carbons (Fsp3) is 0.632. The molecule has 0 aromatic heterocycles. The Kier molecular flexibility index (Phi) is 3.80. The first-order valence-electron chi connectivity index (χ1n) is 8.33. The molecule has 0 saturated heterocycles. The molecule has 3 atom stereocenters. The molecular weight excluding hydrogens is 258 g/mol. The van der Waals surface area contributed by atoms with Crippen LogP contribution >= 0.6 is 0 Å². The Morgan fingerprint density at radius 2 is 2.00 bits per heavy atom. The molecular formula is C19H25NO. The highest BCUT2D eigenvalue weighted by Crippen LogP contribution is 2.54. The van der Waals surface area contributed by atoms with Gasteiger partial charge in [-0.05, 0) is 55.6 Å². The van der Waals surface area contributed by atoms with Gasteiger partial charge in [-0.2, -0.15) is 5.26 Å². The Hall–Kier alpha value is -1.33. The second-order valence-corrected chi connectivity index (χ2v) is 7.12. The second-order valence-electron chi connectivity index (χ2n) is 7.12. The summed E-state index contributed by atoms with van der Waals surface area (Å²) in [5.74, 6) is 0.526. The topological polar surface area (TPSA) is 44.0 Å². The van der Waals surface area contributed by atoms with Crippen LogP contribution in [0.3, 0.4) is 0 Å². The summed E-state index contributed by atoms with van der Waals surface area (Å²) in [6.45, 7) is 2.22. The first kappa shape index (κ1) is 14.6. The molecule has 1 N–H and O–H groups in total. The molecule has 3 rings (SSSR count). The Balaban J connectivity index is 2.12. The zero-order valence-electron chi connectivity index (χ0n) is 12.9. The van der Waals surface area contributed by atoms with E-state index < -0.39 is 11.0 Å². The molecule has 112 valence electrons. The average molecular weight is 283 g/mol. The van der Waals surface area contributed by atoms with E-state index in [1.165, 1.54) is 12.0 Å². The quantitative estimate of drug-likeness (QED) is 0.780. The van der Waals surface area contributed by atoms with E-state index in [1.807, 2.05) is 12.1 Å². The van der Waals surface area contributed by atoms with Crippen molar-refractivity contribution < 1.29 is 5.11 Å². The van der Waals surface area contributed by atoms with Gasteiger partial charge in [-0.25, -0.2) is 0 Å². The summed E-state index contributed by atoms with van der Waals surface area (Å²) >= 11 is 0. The molecule has 1 saturated carbocycles. The van der Waals surface area contributed by atoms with Crippen LogP contribution in [0.25, 0.3) is 0 Å². The normalized spacial score (nSPS) is 36.3. The summed E-state index contributed by atoms with van der Waals surface area (Å²) in [5.41, 5.74) is 0.692. The van der Waals surface area contributed by atoms with Crippen molar-refractivity contribution in [2.45, 2.75) is 63.9 Å². The van der Waals surface area contributed by atoms with Crippen molar-refractivity contribution in [3.63, 3.8) is 0 Å². The number of aryl methyl sites for hydroxylation is 1. The molecule has 1 aromatic carbocycles. The van der Waals surface area contributed by atoms with Gasteiger partial charge in [0.1, 0.15) is 5.60 Å². The van der Waals surface area contributed by atoms with Crippen LogP contribution in [-0.2, 0) is 12.0 Å². The lowest BCUT2D eigenvalue weighted by atomic mass is 9.58. The minimum atomic E-state index is -0.969. The summed E-state index contributed by atoms with van der Waals surface area (Å²) in [4.78, 5) is 0. The van der Waals surface area contributed by atoms with Crippen molar-refractivity contribution in [3.05, 3.63) is 35.4 Å². The van der Waals surface area contributed by atoms with Gasteiger partial charge in [-0.1, -0.05) is 44.0 Å². The smallest absolute Gasteiger partial charge is 0.108 e. The Morgan fingerprint density at radius 3 is 2.76 bits per heavy atom. The van der Waals surface area contributed by atoms with Gasteiger partial charge in [0.25, 0.3) is 0 Å². The van der Waals surface area contributed by atoms with Crippen molar-refractivity contribution >= 4 is 0 Å². The molecule has 2 aliphatic rings. The van der Waals surface area contributed by atoms with Crippen LogP contribution in [0.2, 0.25) is 0 Å². The van der Waals surface area contributed by atoms with Gasteiger partial charge in [-0.15, -0.1) is 0 Å². The molecule has 0 amide bonds. The molecule has 0 spiro atoms. The van der Waals surface area contributed by atoms with E-state index >= 15 is 0 Å². The molecule has 0 heterocycles. The second kappa shape index (κ2) is 5.46. The summed E-state index contributed by atoms with van der Waals surface area (Å²) in [5, 5.41) is 21.7. The SMILES string of the molecule is CC1CCCC(C#N)(C2(O)CCCCc3ccccc32)C1. The summed E-state index contributed by atoms with van der Waals surface area (Å²) < 4.78 is 0. The maximum absolute atomic E-state index is 11.7. The lowest BCUT2D eigenvalue weighted by Gasteiger charge is -2.47. The predicted octanol–water partition coefficient (Wildman–Crippen LogP) is 4.32. The van der Waals surface area contributed by atoms with Gasteiger partial charge in [0, 0.05) is 0 Å².